The van der Waals surface area contributed by atoms with E-state index in [9.17, 15) is 9.59 Å². The van der Waals surface area contributed by atoms with Crippen molar-refractivity contribution in [2.75, 3.05) is 6.61 Å². The van der Waals surface area contributed by atoms with Crippen LogP contribution in [0, 0.1) is 0 Å². The summed E-state index contributed by atoms with van der Waals surface area (Å²) in [6, 6.07) is 8.43. The number of β-lactam (4-membered cyclic amide) rings is 1. The molecule has 1 fully saturated rings. The van der Waals surface area contributed by atoms with Gasteiger partial charge < -0.3 is 15.4 Å². The molecule has 17 heavy (non-hydrogen) atoms. The summed E-state index contributed by atoms with van der Waals surface area (Å²) in [7, 11) is 0. The Labute approximate surface area is 104 Å². The number of carbonyl (C=O) groups excluding carboxylic acids is 2. The highest BCUT2D eigenvalue weighted by atomic mass is 32.1. The van der Waals surface area contributed by atoms with E-state index >= 15 is 0 Å². The van der Waals surface area contributed by atoms with E-state index in [-0.39, 0.29) is 23.8 Å². The van der Waals surface area contributed by atoms with Crippen molar-refractivity contribution in [3.63, 3.8) is 0 Å². The Balaban J connectivity index is 1.76. The van der Waals surface area contributed by atoms with Gasteiger partial charge in [0, 0.05) is 0 Å². The number of hydrogen-bond acceptors (Lipinski definition) is 4. The third-order valence-corrected chi connectivity index (χ3v) is 2.75. The summed E-state index contributed by atoms with van der Waals surface area (Å²) in [5.41, 5.74) is 0. The first kappa shape index (κ1) is 11.8. The summed E-state index contributed by atoms with van der Waals surface area (Å²) >= 11 is 4.06. The van der Waals surface area contributed by atoms with E-state index < -0.39 is 6.04 Å². The largest absolute Gasteiger partial charge is 0.484 e. The number of benzene rings is 1. The van der Waals surface area contributed by atoms with E-state index in [1.165, 1.54) is 0 Å². The molecule has 1 aliphatic rings. The van der Waals surface area contributed by atoms with Gasteiger partial charge in [-0.3, -0.25) is 9.59 Å². The lowest BCUT2D eigenvalue weighted by Gasteiger charge is -2.33. The molecule has 1 aliphatic heterocycles. The summed E-state index contributed by atoms with van der Waals surface area (Å²) in [6.07, 6.45) is 0. The fraction of sp³-hybridized carbons (Fsp3) is 0.273. The van der Waals surface area contributed by atoms with Crippen molar-refractivity contribution in [2.24, 2.45) is 0 Å². The number of carbonyl (C=O) groups is 2. The lowest BCUT2D eigenvalue weighted by atomic mass is 10.1. The van der Waals surface area contributed by atoms with Crippen LogP contribution in [0.5, 0.6) is 5.75 Å². The summed E-state index contributed by atoms with van der Waals surface area (Å²) in [5, 5.41) is 4.72. The van der Waals surface area contributed by atoms with Gasteiger partial charge in [0.2, 0.25) is 5.91 Å². The molecule has 0 bridgehead atoms. The maximum absolute atomic E-state index is 11.5. The molecule has 2 amide bonds. The van der Waals surface area contributed by atoms with Gasteiger partial charge in [0.05, 0.1) is 0 Å². The fourth-order valence-corrected chi connectivity index (χ4v) is 1.73. The van der Waals surface area contributed by atoms with Crippen molar-refractivity contribution in [2.45, 2.75) is 11.4 Å². The number of amides is 2. The van der Waals surface area contributed by atoms with Crippen LogP contribution in [0.15, 0.2) is 30.3 Å². The molecule has 0 aliphatic carbocycles. The van der Waals surface area contributed by atoms with Crippen molar-refractivity contribution < 1.29 is 14.3 Å². The average Bonchev–Trinajstić information content (AvgIpc) is 2.35. The number of thiol groups is 1. The number of nitrogens with one attached hydrogen (secondary N) is 2. The van der Waals surface area contributed by atoms with Gasteiger partial charge in [-0.15, -0.1) is 0 Å². The lowest BCUT2D eigenvalue weighted by Crippen LogP contribution is -2.67. The highest BCUT2D eigenvalue weighted by Crippen LogP contribution is 2.10. The minimum atomic E-state index is -0.565. The first-order valence-corrected chi connectivity index (χ1v) is 5.64. The topological polar surface area (TPSA) is 67.4 Å². The molecule has 1 heterocycles. The molecule has 0 aromatic heterocycles. The van der Waals surface area contributed by atoms with E-state index in [1.807, 2.05) is 18.2 Å². The Morgan fingerprint density at radius 2 is 2.12 bits per heavy atom. The first-order valence-electron chi connectivity index (χ1n) is 5.12. The Morgan fingerprint density at radius 3 is 2.71 bits per heavy atom. The Morgan fingerprint density at radius 1 is 1.41 bits per heavy atom. The van der Waals surface area contributed by atoms with Crippen LogP contribution in [-0.2, 0) is 9.59 Å². The predicted molar refractivity (Wildman–Crippen MR) is 64.8 cm³/mol. The van der Waals surface area contributed by atoms with E-state index in [2.05, 4.69) is 23.3 Å². The second-order valence-corrected chi connectivity index (χ2v) is 4.16. The van der Waals surface area contributed by atoms with Crippen molar-refractivity contribution in [3.8, 4) is 5.75 Å². The molecule has 2 rings (SSSR count). The van der Waals surface area contributed by atoms with Crippen LogP contribution in [-0.4, -0.2) is 29.8 Å². The average molecular weight is 252 g/mol. The second kappa shape index (κ2) is 5.09. The van der Waals surface area contributed by atoms with Crippen LogP contribution < -0.4 is 15.4 Å². The normalized spacial score (nSPS) is 22.3. The third-order valence-electron chi connectivity index (χ3n) is 2.32. The van der Waals surface area contributed by atoms with Gasteiger partial charge in [0.15, 0.2) is 6.61 Å². The van der Waals surface area contributed by atoms with E-state index in [1.54, 1.807) is 12.1 Å². The fourth-order valence-electron chi connectivity index (χ4n) is 1.39. The first-order chi connectivity index (χ1) is 8.16. The monoisotopic (exact) mass is 252 g/mol. The maximum Gasteiger partial charge on any atom is 0.258 e. The zero-order valence-corrected chi connectivity index (χ0v) is 9.81. The Kier molecular flexibility index (Phi) is 3.53. The summed E-state index contributed by atoms with van der Waals surface area (Å²) in [5.74, 6) is 0.0500. The van der Waals surface area contributed by atoms with Crippen molar-refractivity contribution in [1.82, 2.24) is 10.6 Å². The molecule has 1 aromatic rings. The van der Waals surface area contributed by atoms with E-state index in [4.69, 9.17) is 4.74 Å². The molecule has 90 valence electrons. The quantitative estimate of drug-likeness (QED) is 0.519. The summed E-state index contributed by atoms with van der Waals surface area (Å²) in [6.45, 7) is -0.117. The van der Waals surface area contributed by atoms with Crippen LogP contribution in [0.4, 0.5) is 0 Å². The van der Waals surface area contributed by atoms with Crippen molar-refractivity contribution in [3.05, 3.63) is 30.3 Å². The summed E-state index contributed by atoms with van der Waals surface area (Å²) < 4.78 is 5.24. The Hall–Kier alpha value is -1.69. The Bertz CT molecular complexity index is 424. The molecular formula is C11H12N2O3S. The van der Waals surface area contributed by atoms with Crippen LogP contribution in [0.2, 0.25) is 0 Å². The molecular weight excluding hydrogens is 240 g/mol. The van der Waals surface area contributed by atoms with E-state index in [0.29, 0.717) is 5.75 Å². The van der Waals surface area contributed by atoms with Gasteiger partial charge in [-0.2, -0.15) is 12.6 Å². The number of rotatable bonds is 4. The second-order valence-electron chi connectivity index (χ2n) is 3.60. The van der Waals surface area contributed by atoms with Gasteiger partial charge >= 0.3 is 0 Å². The molecule has 2 N–H and O–H groups in total. The van der Waals surface area contributed by atoms with Crippen LogP contribution >= 0.6 is 12.6 Å². The minimum absolute atomic E-state index is 0.117. The zero-order chi connectivity index (χ0) is 12.3. The van der Waals surface area contributed by atoms with Crippen molar-refractivity contribution >= 4 is 24.4 Å². The van der Waals surface area contributed by atoms with Gasteiger partial charge in [-0.1, -0.05) is 18.2 Å². The standard InChI is InChI=1S/C11H12N2O3S/c14-8(12-9-10(15)13-11(9)17)6-16-7-4-2-1-3-5-7/h1-5,9,11,17H,6H2,(H,12,14)(H,13,15)/t9-,11-/m1/s1. The molecule has 2 atom stereocenters. The number of ether oxygens (including phenoxy) is 1. The molecule has 0 saturated carbocycles. The van der Waals surface area contributed by atoms with Crippen molar-refractivity contribution in [1.29, 1.82) is 0 Å². The van der Waals surface area contributed by atoms with E-state index in [0.717, 1.165) is 0 Å². The molecule has 5 nitrogen and oxygen atoms in total. The molecule has 1 saturated heterocycles. The zero-order valence-electron chi connectivity index (χ0n) is 8.92. The highest BCUT2D eigenvalue weighted by Gasteiger charge is 2.37. The summed E-state index contributed by atoms with van der Waals surface area (Å²) in [4.78, 5) is 22.5. The molecule has 1 aromatic carbocycles. The third kappa shape index (κ3) is 2.91. The van der Waals surface area contributed by atoms with Gasteiger partial charge in [-0.05, 0) is 12.1 Å². The highest BCUT2D eigenvalue weighted by molar-refractivity contribution is 7.81. The number of hydrogen-bond donors (Lipinski definition) is 3. The number of para-hydroxylation sites is 1. The molecule has 6 heteroatoms. The van der Waals surface area contributed by atoms with Gasteiger partial charge in [0.25, 0.3) is 5.91 Å². The van der Waals surface area contributed by atoms with Crippen LogP contribution in [0.25, 0.3) is 0 Å². The SMILES string of the molecule is O=C(COc1ccccc1)N[C@@H]1C(=O)N[C@@H]1S. The van der Waals surface area contributed by atoms with Crippen LogP contribution in [0.1, 0.15) is 0 Å². The molecule has 0 radical (unpaired) electrons. The lowest BCUT2D eigenvalue weighted by molar-refractivity contribution is -0.134. The van der Waals surface area contributed by atoms with Crippen LogP contribution in [0.3, 0.4) is 0 Å². The molecule has 0 unspecified atom stereocenters. The minimum Gasteiger partial charge on any atom is -0.484 e. The molecule has 0 spiro atoms. The smallest absolute Gasteiger partial charge is 0.258 e. The predicted octanol–water partition coefficient (Wildman–Crippen LogP) is -0.0641. The van der Waals surface area contributed by atoms with Gasteiger partial charge in [-0.25, -0.2) is 0 Å². The van der Waals surface area contributed by atoms with Gasteiger partial charge in [0.1, 0.15) is 17.2 Å². The maximum atomic E-state index is 11.5.